The Morgan fingerprint density at radius 1 is 1.19 bits per heavy atom. The molecule has 1 aliphatic heterocycles. The number of carbonyl (C=O) groups excluding carboxylic acids is 1. The van der Waals surface area contributed by atoms with Crippen LogP contribution in [0.4, 0.5) is 11.4 Å². The van der Waals surface area contributed by atoms with Crippen molar-refractivity contribution in [2.24, 2.45) is 0 Å². The highest BCUT2D eigenvalue weighted by Gasteiger charge is 2.21. The SMILES string of the molecule is COc1ccccc1-c1noc(CNc2ccc(N3CCCC3=O)cc2)n1. The molecule has 2 aromatic carbocycles. The van der Waals surface area contributed by atoms with Crippen molar-refractivity contribution in [3.05, 3.63) is 54.4 Å². The average Bonchev–Trinajstić information content (AvgIpc) is 3.36. The highest BCUT2D eigenvalue weighted by atomic mass is 16.5. The zero-order chi connectivity index (χ0) is 18.6. The summed E-state index contributed by atoms with van der Waals surface area (Å²) in [6.07, 6.45) is 1.55. The molecule has 1 fully saturated rings. The standard InChI is InChI=1S/C20H20N4O3/c1-26-17-6-3-2-5-16(17)20-22-18(27-23-20)13-21-14-8-10-15(11-9-14)24-12-4-7-19(24)25/h2-3,5-6,8-11,21H,4,7,12-13H2,1H3. The van der Waals surface area contributed by atoms with Crippen molar-refractivity contribution in [3.63, 3.8) is 0 Å². The number of methoxy groups -OCH3 is 1. The first-order valence-electron chi connectivity index (χ1n) is 8.85. The molecule has 138 valence electrons. The van der Waals surface area contributed by atoms with Gasteiger partial charge in [-0.3, -0.25) is 4.79 Å². The molecule has 0 saturated carbocycles. The molecule has 7 nitrogen and oxygen atoms in total. The van der Waals surface area contributed by atoms with E-state index in [0.717, 1.165) is 29.9 Å². The number of rotatable bonds is 6. The van der Waals surface area contributed by atoms with Gasteiger partial charge in [0.05, 0.1) is 19.2 Å². The van der Waals surface area contributed by atoms with Crippen LogP contribution in [0.15, 0.2) is 53.1 Å². The fraction of sp³-hybridized carbons (Fsp3) is 0.250. The van der Waals surface area contributed by atoms with Crippen LogP contribution in [0, 0.1) is 0 Å². The Morgan fingerprint density at radius 2 is 2.00 bits per heavy atom. The summed E-state index contributed by atoms with van der Waals surface area (Å²) < 4.78 is 10.7. The van der Waals surface area contributed by atoms with Crippen LogP contribution in [0.2, 0.25) is 0 Å². The summed E-state index contributed by atoms with van der Waals surface area (Å²) >= 11 is 0. The number of carbonyl (C=O) groups is 1. The van der Waals surface area contributed by atoms with Gasteiger partial charge in [-0.15, -0.1) is 0 Å². The van der Waals surface area contributed by atoms with Gasteiger partial charge in [-0.2, -0.15) is 4.98 Å². The summed E-state index contributed by atoms with van der Waals surface area (Å²) in [4.78, 5) is 18.1. The van der Waals surface area contributed by atoms with Crippen molar-refractivity contribution >= 4 is 17.3 Å². The van der Waals surface area contributed by atoms with Crippen LogP contribution < -0.4 is 15.0 Å². The third kappa shape index (κ3) is 3.62. The second-order valence-electron chi connectivity index (χ2n) is 6.26. The van der Waals surface area contributed by atoms with Crippen LogP contribution in [0.5, 0.6) is 5.75 Å². The summed E-state index contributed by atoms with van der Waals surface area (Å²) in [5.41, 5.74) is 2.64. The van der Waals surface area contributed by atoms with E-state index in [9.17, 15) is 4.79 Å². The van der Waals surface area contributed by atoms with Gasteiger partial charge in [0.25, 0.3) is 0 Å². The molecule has 7 heteroatoms. The average molecular weight is 364 g/mol. The van der Waals surface area contributed by atoms with Gasteiger partial charge in [0.1, 0.15) is 5.75 Å². The zero-order valence-electron chi connectivity index (χ0n) is 15.0. The number of anilines is 2. The molecule has 0 radical (unpaired) electrons. The quantitative estimate of drug-likeness (QED) is 0.721. The predicted molar refractivity (Wildman–Crippen MR) is 102 cm³/mol. The normalized spacial score (nSPS) is 13.8. The van der Waals surface area contributed by atoms with Gasteiger partial charge in [-0.05, 0) is 42.8 Å². The van der Waals surface area contributed by atoms with Gasteiger partial charge in [0.15, 0.2) is 0 Å². The minimum atomic E-state index is 0.186. The Hall–Kier alpha value is -3.35. The Morgan fingerprint density at radius 3 is 2.74 bits per heavy atom. The first-order chi connectivity index (χ1) is 13.2. The number of aromatic nitrogens is 2. The second-order valence-corrected chi connectivity index (χ2v) is 6.26. The van der Waals surface area contributed by atoms with Crippen LogP contribution in [0.1, 0.15) is 18.7 Å². The van der Waals surface area contributed by atoms with Crippen molar-refractivity contribution in [2.45, 2.75) is 19.4 Å². The summed E-state index contributed by atoms with van der Waals surface area (Å²) in [7, 11) is 1.61. The molecular weight excluding hydrogens is 344 g/mol. The monoisotopic (exact) mass is 364 g/mol. The van der Waals surface area contributed by atoms with E-state index in [2.05, 4.69) is 15.5 Å². The highest BCUT2D eigenvalue weighted by molar-refractivity contribution is 5.95. The minimum absolute atomic E-state index is 0.186. The van der Waals surface area contributed by atoms with Gasteiger partial charge < -0.3 is 19.5 Å². The van der Waals surface area contributed by atoms with Crippen LogP contribution in [-0.2, 0) is 11.3 Å². The number of hydrogen-bond donors (Lipinski definition) is 1. The van der Waals surface area contributed by atoms with E-state index in [1.807, 2.05) is 53.4 Å². The second kappa shape index (κ2) is 7.49. The van der Waals surface area contributed by atoms with Crippen molar-refractivity contribution < 1.29 is 14.1 Å². The van der Waals surface area contributed by atoms with Gasteiger partial charge in [0, 0.05) is 24.3 Å². The molecule has 4 rings (SSSR count). The summed E-state index contributed by atoms with van der Waals surface area (Å²) in [6.45, 7) is 1.20. The van der Waals surface area contributed by atoms with Crippen molar-refractivity contribution in [2.75, 3.05) is 23.9 Å². The molecule has 0 bridgehead atoms. The van der Waals surface area contributed by atoms with Crippen molar-refractivity contribution in [1.29, 1.82) is 0 Å². The lowest BCUT2D eigenvalue weighted by Crippen LogP contribution is -2.23. The number of nitrogens with zero attached hydrogens (tertiary/aromatic N) is 3. The molecule has 0 aliphatic carbocycles. The van der Waals surface area contributed by atoms with Crippen LogP contribution >= 0.6 is 0 Å². The molecule has 0 atom stereocenters. The Balaban J connectivity index is 1.41. The molecule has 3 aromatic rings. The van der Waals surface area contributed by atoms with E-state index in [-0.39, 0.29) is 5.91 Å². The van der Waals surface area contributed by atoms with Crippen LogP contribution in [0.3, 0.4) is 0 Å². The van der Waals surface area contributed by atoms with E-state index < -0.39 is 0 Å². The molecule has 0 unspecified atom stereocenters. The number of hydrogen-bond acceptors (Lipinski definition) is 6. The fourth-order valence-corrected chi connectivity index (χ4v) is 3.12. The van der Waals surface area contributed by atoms with Gasteiger partial charge in [-0.25, -0.2) is 0 Å². The first kappa shape index (κ1) is 17.1. The Bertz CT molecular complexity index is 936. The van der Waals surface area contributed by atoms with Gasteiger partial charge in [0.2, 0.25) is 17.6 Å². The zero-order valence-corrected chi connectivity index (χ0v) is 15.0. The number of nitrogens with one attached hydrogen (secondary N) is 1. The number of benzene rings is 2. The van der Waals surface area contributed by atoms with Crippen LogP contribution in [-0.4, -0.2) is 29.7 Å². The molecule has 2 heterocycles. The summed E-state index contributed by atoms with van der Waals surface area (Å²) in [5.74, 6) is 1.86. The lowest BCUT2D eigenvalue weighted by Gasteiger charge is -2.16. The molecule has 0 spiro atoms. The Kier molecular flexibility index (Phi) is 4.74. The smallest absolute Gasteiger partial charge is 0.246 e. The topological polar surface area (TPSA) is 80.5 Å². The maximum atomic E-state index is 11.8. The maximum Gasteiger partial charge on any atom is 0.246 e. The molecule has 1 aliphatic rings. The molecular formula is C20H20N4O3. The van der Waals surface area contributed by atoms with E-state index >= 15 is 0 Å². The molecule has 1 amide bonds. The Labute approximate surface area is 156 Å². The third-order valence-corrected chi connectivity index (χ3v) is 4.51. The summed E-state index contributed by atoms with van der Waals surface area (Å²) in [5, 5.41) is 7.28. The molecule has 27 heavy (non-hydrogen) atoms. The molecule has 1 aromatic heterocycles. The number of para-hydroxylation sites is 1. The van der Waals surface area contributed by atoms with E-state index in [1.54, 1.807) is 7.11 Å². The minimum Gasteiger partial charge on any atom is -0.496 e. The molecule has 1 saturated heterocycles. The van der Waals surface area contributed by atoms with E-state index in [1.165, 1.54) is 0 Å². The molecule has 1 N–H and O–H groups in total. The van der Waals surface area contributed by atoms with Crippen molar-refractivity contribution in [1.82, 2.24) is 10.1 Å². The maximum absolute atomic E-state index is 11.8. The highest BCUT2D eigenvalue weighted by Crippen LogP contribution is 2.27. The van der Waals surface area contributed by atoms with Crippen LogP contribution in [0.25, 0.3) is 11.4 Å². The summed E-state index contributed by atoms with van der Waals surface area (Å²) in [6, 6.07) is 15.3. The largest absolute Gasteiger partial charge is 0.496 e. The van der Waals surface area contributed by atoms with E-state index in [0.29, 0.717) is 30.4 Å². The fourth-order valence-electron chi connectivity index (χ4n) is 3.12. The van der Waals surface area contributed by atoms with Gasteiger partial charge in [-0.1, -0.05) is 17.3 Å². The third-order valence-electron chi connectivity index (χ3n) is 4.51. The lowest BCUT2D eigenvalue weighted by molar-refractivity contribution is -0.117. The van der Waals surface area contributed by atoms with E-state index in [4.69, 9.17) is 9.26 Å². The number of ether oxygens (including phenoxy) is 1. The predicted octanol–water partition coefficient (Wildman–Crippen LogP) is 3.48. The first-order valence-corrected chi connectivity index (χ1v) is 8.85. The van der Waals surface area contributed by atoms with Crippen molar-refractivity contribution in [3.8, 4) is 17.1 Å². The number of amides is 1. The lowest BCUT2D eigenvalue weighted by atomic mass is 10.2. The van der Waals surface area contributed by atoms with Gasteiger partial charge >= 0.3 is 0 Å².